The fourth-order valence-electron chi connectivity index (χ4n) is 2.63. The lowest BCUT2D eigenvalue weighted by Gasteiger charge is -2.09. The fourth-order valence-corrected chi connectivity index (χ4v) is 2.98. The average molecular weight is 411 g/mol. The normalized spacial score (nSPS) is 11.8. The van der Waals surface area contributed by atoms with Crippen molar-refractivity contribution in [2.45, 2.75) is 12.8 Å². The molecule has 0 radical (unpaired) electrons. The van der Waals surface area contributed by atoms with Crippen LogP contribution in [0.2, 0.25) is 0 Å². The van der Waals surface area contributed by atoms with E-state index in [0.717, 1.165) is 24.0 Å². The molecule has 1 amide bonds. The summed E-state index contributed by atoms with van der Waals surface area (Å²) in [6, 6.07) is 11.2. The molecule has 2 heterocycles. The first-order valence-corrected chi connectivity index (χ1v) is 10.4. The third kappa shape index (κ3) is 5.90. The van der Waals surface area contributed by atoms with Gasteiger partial charge in [-0.2, -0.15) is 0 Å². The summed E-state index contributed by atoms with van der Waals surface area (Å²) in [5, 5.41) is 2.71. The van der Waals surface area contributed by atoms with Gasteiger partial charge < -0.3 is 11.1 Å². The molecule has 3 N–H and O–H groups in total. The zero-order chi connectivity index (χ0) is 20.6. The molecular formula is C20H21N5O3S. The summed E-state index contributed by atoms with van der Waals surface area (Å²) >= 11 is -1.24. The zero-order valence-electron chi connectivity index (χ0n) is 15.9. The molecule has 2 aromatic heterocycles. The fraction of sp³-hybridized carbons (Fsp3) is 0.200. The first-order valence-electron chi connectivity index (χ1n) is 8.93. The van der Waals surface area contributed by atoms with Crippen molar-refractivity contribution in [3.05, 3.63) is 66.2 Å². The molecular weight excluding hydrogens is 390 g/mol. The number of carbonyl (C=O) groups excluding carboxylic acids is 1. The maximum Gasteiger partial charge on any atom is 0.278 e. The quantitative estimate of drug-likeness (QED) is 0.547. The second kappa shape index (κ2) is 9.85. The second-order valence-corrected chi connectivity index (χ2v) is 7.25. The highest BCUT2D eigenvalue weighted by Gasteiger charge is 2.15. The molecule has 0 bridgehead atoms. The number of pyridine rings is 1. The largest absolute Gasteiger partial charge is 0.382 e. The van der Waals surface area contributed by atoms with Crippen LogP contribution in [0.15, 0.2) is 55.0 Å². The van der Waals surface area contributed by atoms with Gasteiger partial charge >= 0.3 is 0 Å². The van der Waals surface area contributed by atoms with Gasteiger partial charge in [-0.25, -0.2) is 14.2 Å². The lowest BCUT2D eigenvalue weighted by molar-refractivity contribution is 0.102. The number of amides is 1. The summed E-state index contributed by atoms with van der Waals surface area (Å²) in [6.07, 6.45) is 7.78. The second-order valence-electron chi connectivity index (χ2n) is 6.21. The van der Waals surface area contributed by atoms with Crippen LogP contribution in [-0.4, -0.2) is 37.9 Å². The Morgan fingerprint density at radius 1 is 1.21 bits per heavy atom. The van der Waals surface area contributed by atoms with Crippen LogP contribution >= 0.6 is 0 Å². The number of anilines is 2. The number of hydrogen-bond donors (Lipinski definition) is 2. The predicted molar refractivity (Wildman–Crippen MR) is 112 cm³/mol. The number of benzene rings is 1. The molecule has 0 fully saturated rings. The minimum atomic E-state index is -1.24. The first-order chi connectivity index (χ1) is 14.0. The number of carbonyl (C=O) groups is 1. The molecule has 8 nitrogen and oxygen atoms in total. The van der Waals surface area contributed by atoms with Gasteiger partial charge in [0.15, 0.2) is 22.6 Å². The van der Waals surface area contributed by atoms with E-state index in [1.54, 1.807) is 18.3 Å². The van der Waals surface area contributed by atoms with Gasteiger partial charge in [0.1, 0.15) is 0 Å². The highest BCUT2D eigenvalue weighted by atomic mass is 32.2. The van der Waals surface area contributed by atoms with Crippen molar-refractivity contribution in [3.63, 3.8) is 0 Å². The van der Waals surface area contributed by atoms with Crippen LogP contribution in [0, 0.1) is 0 Å². The minimum Gasteiger partial charge on any atom is -0.382 e. The van der Waals surface area contributed by atoms with Crippen molar-refractivity contribution in [1.82, 2.24) is 15.0 Å². The molecule has 3 aromatic rings. The Morgan fingerprint density at radius 2 is 2.00 bits per heavy atom. The molecule has 0 aliphatic rings. The van der Waals surface area contributed by atoms with Crippen LogP contribution in [0.3, 0.4) is 0 Å². The predicted octanol–water partition coefficient (Wildman–Crippen LogP) is 2.62. The van der Waals surface area contributed by atoms with Gasteiger partial charge in [0.2, 0.25) is 0 Å². The molecule has 0 spiro atoms. The summed E-state index contributed by atoms with van der Waals surface area (Å²) in [4.78, 5) is 25.0. The van der Waals surface area contributed by atoms with Crippen LogP contribution in [0.25, 0.3) is 11.3 Å². The highest BCUT2D eigenvalue weighted by molar-refractivity contribution is 7.79. The van der Waals surface area contributed by atoms with Crippen molar-refractivity contribution in [2.24, 2.45) is 0 Å². The van der Waals surface area contributed by atoms with Crippen LogP contribution in [0.4, 0.5) is 11.5 Å². The van der Waals surface area contributed by atoms with Gasteiger partial charge in [-0.3, -0.25) is 14.0 Å². The van der Waals surface area contributed by atoms with E-state index in [9.17, 15) is 9.00 Å². The van der Waals surface area contributed by atoms with E-state index in [-0.39, 0.29) is 11.5 Å². The molecule has 0 aliphatic heterocycles. The van der Waals surface area contributed by atoms with E-state index >= 15 is 0 Å². The number of aryl methyl sites for hydroxylation is 1. The Balaban J connectivity index is 1.70. The van der Waals surface area contributed by atoms with E-state index in [0.29, 0.717) is 18.0 Å². The van der Waals surface area contributed by atoms with E-state index in [2.05, 4.69) is 20.3 Å². The summed E-state index contributed by atoms with van der Waals surface area (Å²) in [6.45, 7) is 0.448. The maximum absolute atomic E-state index is 12.5. The van der Waals surface area contributed by atoms with Crippen molar-refractivity contribution >= 4 is 28.5 Å². The van der Waals surface area contributed by atoms with Gasteiger partial charge in [0, 0.05) is 18.0 Å². The maximum atomic E-state index is 12.5. The van der Waals surface area contributed by atoms with E-state index in [4.69, 9.17) is 9.92 Å². The summed E-state index contributed by atoms with van der Waals surface area (Å²) in [5.74, 6) is -0.394. The van der Waals surface area contributed by atoms with E-state index < -0.39 is 17.0 Å². The van der Waals surface area contributed by atoms with Gasteiger partial charge in [-0.15, -0.1) is 0 Å². The van der Waals surface area contributed by atoms with Gasteiger partial charge in [-0.1, -0.05) is 24.3 Å². The SMILES string of the molecule is CS(=O)OCCCc1ccc(-c2cnc(N)c(C(=O)Nc3cccnc3)n2)cc1. The van der Waals surface area contributed by atoms with Crippen molar-refractivity contribution in [2.75, 3.05) is 23.9 Å². The Bertz CT molecular complexity index is 997. The molecule has 0 saturated heterocycles. The standard InChI is InChI=1S/C20H21N5O3S/c1-29(27)28-11-3-4-14-6-8-15(9-7-14)17-13-23-19(21)18(25-17)20(26)24-16-5-2-10-22-12-16/h2,5-10,12-13H,3-4,11H2,1H3,(H2,21,23)(H,24,26). The lowest BCUT2D eigenvalue weighted by Crippen LogP contribution is -2.17. The molecule has 0 saturated carbocycles. The molecule has 150 valence electrons. The third-order valence-corrected chi connectivity index (χ3v) is 4.54. The number of nitrogens with one attached hydrogen (secondary N) is 1. The van der Waals surface area contributed by atoms with Gasteiger partial charge in [-0.05, 0) is 30.5 Å². The van der Waals surface area contributed by atoms with Gasteiger partial charge in [0.05, 0.1) is 30.4 Å². The number of nitrogens with zero attached hydrogens (tertiary/aromatic N) is 3. The lowest BCUT2D eigenvalue weighted by atomic mass is 10.1. The van der Waals surface area contributed by atoms with Crippen LogP contribution in [0.1, 0.15) is 22.5 Å². The Hall–Kier alpha value is -3.17. The Morgan fingerprint density at radius 3 is 2.69 bits per heavy atom. The minimum absolute atomic E-state index is 0.0556. The topological polar surface area (TPSA) is 120 Å². The van der Waals surface area contributed by atoms with Crippen LogP contribution in [0.5, 0.6) is 0 Å². The smallest absolute Gasteiger partial charge is 0.278 e. The zero-order valence-corrected chi connectivity index (χ0v) is 16.7. The molecule has 1 atom stereocenters. The Kier molecular flexibility index (Phi) is 6.99. The average Bonchev–Trinajstić information content (AvgIpc) is 2.72. The molecule has 9 heteroatoms. The number of nitrogens with two attached hydrogens (primary N) is 1. The van der Waals surface area contributed by atoms with Crippen LogP contribution in [-0.2, 0) is 21.7 Å². The summed E-state index contributed by atoms with van der Waals surface area (Å²) < 4.78 is 15.9. The summed E-state index contributed by atoms with van der Waals surface area (Å²) in [7, 11) is 0. The molecule has 29 heavy (non-hydrogen) atoms. The van der Waals surface area contributed by atoms with Crippen molar-refractivity contribution < 1.29 is 13.2 Å². The number of rotatable bonds is 8. The molecule has 0 aliphatic carbocycles. The Labute approximate surface area is 171 Å². The molecule has 1 unspecified atom stereocenters. The third-order valence-electron chi connectivity index (χ3n) is 4.04. The summed E-state index contributed by atoms with van der Waals surface area (Å²) in [5.41, 5.74) is 8.95. The molecule has 1 aromatic carbocycles. The van der Waals surface area contributed by atoms with Crippen LogP contribution < -0.4 is 11.1 Å². The van der Waals surface area contributed by atoms with Crippen molar-refractivity contribution in [1.29, 1.82) is 0 Å². The van der Waals surface area contributed by atoms with Crippen molar-refractivity contribution in [3.8, 4) is 11.3 Å². The van der Waals surface area contributed by atoms with Gasteiger partial charge in [0.25, 0.3) is 5.91 Å². The molecule has 3 rings (SSSR count). The number of nitrogen functional groups attached to an aromatic ring is 1. The van der Waals surface area contributed by atoms with E-state index in [1.807, 2.05) is 24.3 Å². The van der Waals surface area contributed by atoms with E-state index in [1.165, 1.54) is 18.6 Å². The number of hydrogen-bond acceptors (Lipinski definition) is 7. The highest BCUT2D eigenvalue weighted by Crippen LogP contribution is 2.20. The monoisotopic (exact) mass is 411 g/mol. The number of aromatic nitrogens is 3. The first kappa shape index (κ1) is 20.6.